The molecule has 1 aliphatic heterocycles. The van der Waals surface area contributed by atoms with Crippen molar-refractivity contribution in [3.05, 3.63) is 0 Å². The first-order valence-corrected chi connectivity index (χ1v) is 7.25. The lowest BCUT2D eigenvalue weighted by Crippen LogP contribution is -3.15. The van der Waals surface area contributed by atoms with Crippen LogP contribution in [0.5, 0.6) is 0 Å². The first kappa shape index (κ1) is 13.8. The van der Waals surface area contributed by atoms with Gasteiger partial charge in [0.2, 0.25) is 0 Å². The molecule has 4 heteroatoms. The Kier molecular flexibility index (Phi) is 4.62. The van der Waals surface area contributed by atoms with Crippen molar-refractivity contribution in [3.8, 4) is 0 Å². The van der Waals surface area contributed by atoms with Crippen LogP contribution >= 0.6 is 0 Å². The number of ether oxygens (including phenoxy) is 2. The van der Waals surface area contributed by atoms with Crippen LogP contribution in [-0.4, -0.2) is 44.4 Å². The molecule has 4 nitrogen and oxygen atoms in total. The van der Waals surface area contributed by atoms with Gasteiger partial charge in [0.15, 0.2) is 6.54 Å². The molecule has 1 N–H and O–H groups in total. The maximum absolute atomic E-state index is 12.1. The van der Waals surface area contributed by atoms with Crippen molar-refractivity contribution >= 4 is 5.97 Å². The van der Waals surface area contributed by atoms with Crippen molar-refractivity contribution in [3.63, 3.8) is 0 Å². The van der Waals surface area contributed by atoms with Gasteiger partial charge in [0, 0.05) is 0 Å². The van der Waals surface area contributed by atoms with Crippen molar-refractivity contribution in [1.29, 1.82) is 0 Å². The Morgan fingerprint density at radius 3 is 2.44 bits per heavy atom. The Morgan fingerprint density at radius 2 is 1.89 bits per heavy atom. The summed E-state index contributed by atoms with van der Waals surface area (Å²) in [6.45, 7) is 8.20. The van der Waals surface area contributed by atoms with E-state index in [1.807, 2.05) is 0 Å². The molecule has 0 bridgehead atoms. The SMILES string of the molecule is CC(C)C1(OC(=O)C[NH+]2CCOCC2)CCCC1. The fraction of sp³-hybridized carbons (Fsp3) is 0.929. The van der Waals surface area contributed by atoms with Crippen molar-refractivity contribution in [2.24, 2.45) is 5.92 Å². The summed E-state index contributed by atoms with van der Waals surface area (Å²) in [7, 11) is 0. The summed E-state index contributed by atoms with van der Waals surface area (Å²) in [6.07, 6.45) is 4.45. The smallest absolute Gasteiger partial charge is 0.362 e. The van der Waals surface area contributed by atoms with E-state index in [-0.39, 0.29) is 11.6 Å². The second kappa shape index (κ2) is 6.02. The van der Waals surface area contributed by atoms with Gasteiger partial charge in [-0.25, -0.2) is 4.79 Å². The molecule has 0 aromatic heterocycles. The van der Waals surface area contributed by atoms with Crippen LogP contribution in [0.1, 0.15) is 39.5 Å². The van der Waals surface area contributed by atoms with Gasteiger partial charge >= 0.3 is 5.97 Å². The molecule has 0 amide bonds. The standard InChI is InChI=1S/C14H25NO3/c1-12(2)14(5-3-4-6-14)18-13(16)11-15-7-9-17-10-8-15/h12H,3-11H2,1-2H3/p+1. The maximum atomic E-state index is 12.1. The number of morpholine rings is 1. The summed E-state index contributed by atoms with van der Waals surface area (Å²) in [6, 6.07) is 0. The number of carbonyl (C=O) groups excluding carboxylic acids is 1. The average Bonchev–Trinajstić information content (AvgIpc) is 2.80. The molecule has 104 valence electrons. The van der Waals surface area contributed by atoms with Gasteiger partial charge in [-0.2, -0.15) is 0 Å². The number of quaternary nitrogens is 1. The van der Waals surface area contributed by atoms with Crippen LogP contribution in [0.25, 0.3) is 0 Å². The van der Waals surface area contributed by atoms with Gasteiger partial charge < -0.3 is 14.4 Å². The molecule has 1 saturated heterocycles. The van der Waals surface area contributed by atoms with Crippen LogP contribution in [0.15, 0.2) is 0 Å². The molecule has 1 aliphatic carbocycles. The predicted octanol–water partition coefficient (Wildman–Crippen LogP) is 0.414. The molecule has 18 heavy (non-hydrogen) atoms. The number of esters is 1. The lowest BCUT2D eigenvalue weighted by molar-refractivity contribution is -0.900. The van der Waals surface area contributed by atoms with Crippen LogP contribution in [0.2, 0.25) is 0 Å². The molecule has 0 aromatic carbocycles. The monoisotopic (exact) mass is 256 g/mol. The number of hydrogen-bond donors (Lipinski definition) is 1. The molecular weight excluding hydrogens is 230 g/mol. The molecule has 0 aromatic rings. The Bertz CT molecular complexity index is 279. The number of rotatable bonds is 4. The van der Waals surface area contributed by atoms with Crippen molar-refractivity contribution < 1.29 is 19.2 Å². The molecule has 0 unspecified atom stereocenters. The van der Waals surface area contributed by atoms with Gasteiger partial charge in [-0.3, -0.25) is 0 Å². The second-order valence-electron chi connectivity index (χ2n) is 5.94. The fourth-order valence-electron chi connectivity index (χ4n) is 3.07. The highest BCUT2D eigenvalue weighted by Gasteiger charge is 2.41. The van der Waals surface area contributed by atoms with Gasteiger partial charge in [0.1, 0.15) is 18.7 Å². The summed E-state index contributed by atoms with van der Waals surface area (Å²) in [4.78, 5) is 13.4. The molecule has 0 atom stereocenters. The van der Waals surface area contributed by atoms with Crippen molar-refractivity contribution in [1.82, 2.24) is 0 Å². The van der Waals surface area contributed by atoms with E-state index in [1.165, 1.54) is 17.7 Å². The van der Waals surface area contributed by atoms with Crippen LogP contribution in [0, 0.1) is 5.92 Å². The van der Waals surface area contributed by atoms with Crippen LogP contribution in [0.3, 0.4) is 0 Å². The minimum absolute atomic E-state index is 0.0255. The van der Waals surface area contributed by atoms with E-state index in [2.05, 4.69) is 13.8 Å². The van der Waals surface area contributed by atoms with Gasteiger partial charge in [-0.05, 0) is 31.6 Å². The topological polar surface area (TPSA) is 40.0 Å². The molecule has 0 radical (unpaired) electrons. The van der Waals surface area contributed by atoms with E-state index < -0.39 is 0 Å². The minimum Gasteiger partial charge on any atom is -0.455 e. The largest absolute Gasteiger partial charge is 0.455 e. The first-order valence-electron chi connectivity index (χ1n) is 7.25. The minimum atomic E-state index is -0.178. The highest BCUT2D eigenvalue weighted by atomic mass is 16.6. The van der Waals surface area contributed by atoms with E-state index in [0.717, 1.165) is 39.1 Å². The summed E-state index contributed by atoms with van der Waals surface area (Å²) < 4.78 is 11.2. The van der Waals surface area contributed by atoms with Gasteiger partial charge in [-0.1, -0.05) is 13.8 Å². The Morgan fingerprint density at radius 1 is 1.28 bits per heavy atom. The fourth-order valence-corrected chi connectivity index (χ4v) is 3.07. The first-order chi connectivity index (χ1) is 8.62. The summed E-state index contributed by atoms with van der Waals surface area (Å²) >= 11 is 0. The van der Waals surface area contributed by atoms with Crippen LogP contribution < -0.4 is 4.90 Å². The third-order valence-electron chi connectivity index (χ3n) is 4.41. The Hall–Kier alpha value is -0.610. The number of nitrogens with one attached hydrogen (secondary N) is 1. The number of hydrogen-bond acceptors (Lipinski definition) is 3. The van der Waals surface area contributed by atoms with E-state index >= 15 is 0 Å². The molecule has 1 heterocycles. The Labute approximate surface area is 110 Å². The van der Waals surface area contributed by atoms with Crippen molar-refractivity contribution in [2.75, 3.05) is 32.8 Å². The summed E-state index contributed by atoms with van der Waals surface area (Å²) in [5.74, 6) is 0.395. The quantitative estimate of drug-likeness (QED) is 0.741. The number of carbonyl (C=O) groups is 1. The van der Waals surface area contributed by atoms with E-state index in [1.54, 1.807) is 0 Å². The predicted molar refractivity (Wildman–Crippen MR) is 68.5 cm³/mol. The van der Waals surface area contributed by atoms with E-state index in [4.69, 9.17) is 9.47 Å². The molecule has 2 aliphatic rings. The zero-order valence-electron chi connectivity index (χ0n) is 11.7. The Balaban J connectivity index is 1.85. The third-order valence-corrected chi connectivity index (χ3v) is 4.41. The lowest BCUT2D eigenvalue weighted by Gasteiger charge is -2.33. The summed E-state index contributed by atoms with van der Waals surface area (Å²) in [5.41, 5.74) is -0.178. The molecule has 0 spiro atoms. The van der Waals surface area contributed by atoms with Crippen LogP contribution in [-0.2, 0) is 14.3 Å². The van der Waals surface area contributed by atoms with Crippen molar-refractivity contribution in [2.45, 2.75) is 45.1 Å². The molecule has 1 saturated carbocycles. The van der Waals surface area contributed by atoms with Gasteiger partial charge in [-0.15, -0.1) is 0 Å². The van der Waals surface area contributed by atoms with Crippen LogP contribution in [0.4, 0.5) is 0 Å². The highest BCUT2D eigenvalue weighted by molar-refractivity contribution is 5.71. The molecule has 2 rings (SSSR count). The maximum Gasteiger partial charge on any atom is 0.362 e. The van der Waals surface area contributed by atoms with Gasteiger partial charge in [0.05, 0.1) is 13.2 Å². The summed E-state index contributed by atoms with van der Waals surface area (Å²) in [5, 5.41) is 0. The zero-order chi connectivity index (χ0) is 13.0. The molecule has 2 fully saturated rings. The van der Waals surface area contributed by atoms with Gasteiger partial charge in [0.25, 0.3) is 0 Å². The highest BCUT2D eigenvalue weighted by Crippen LogP contribution is 2.39. The average molecular weight is 256 g/mol. The van der Waals surface area contributed by atoms with E-state index in [0.29, 0.717) is 12.5 Å². The lowest BCUT2D eigenvalue weighted by atomic mass is 9.88. The zero-order valence-corrected chi connectivity index (χ0v) is 11.7. The molecular formula is C14H26NO3+. The third kappa shape index (κ3) is 3.23. The van der Waals surface area contributed by atoms with E-state index in [9.17, 15) is 4.79 Å². The normalized spacial score (nSPS) is 24.4. The second-order valence-corrected chi connectivity index (χ2v) is 5.94.